The first-order chi connectivity index (χ1) is 19.7. The molecule has 2 N–H and O–H groups in total. The number of amides is 4. The molecule has 3 rings (SSSR count). The van der Waals surface area contributed by atoms with Gasteiger partial charge >= 0.3 is 6.18 Å². The summed E-state index contributed by atoms with van der Waals surface area (Å²) in [5.74, 6) is -0.658. The van der Waals surface area contributed by atoms with Crippen molar-refractivity contribution in [2.24, 2.45) is 34.1 Å². The van der Waals surface area contributed by atoms with Crippen molar-refractivity contribution in [2.75, 3.05) is 19.6 Å². The van der Waals surface area contributed by atoms with E-state index in [1.54, 1.807) is 6.07 Å². The molecule has 0 aromatic carbocycles. The maximum atomic E-state index is 12.8. The van der Waals surface area contributed by atoms with Gasteiger partial charge in [-0.2, -0.15) is 18.4 Å². The van der Waals surface area contributed by atoms with Crippen molar-refractivity contribution in [3.8, 4) is 6.07 Å². The summed E-state index contributed by atoms with van der Waals surface area (Å²) in [4.78, 5) is 52.0. The molecule has 3 atom stereocenters. The largest absolute Gasteiger partial charge is 0.391 e. The summed E-state index contributed by atoms with van der Waals surface area (Å²) in [7, 11) is 0. The first kappa shape index (κ1) is 37.1. The number of alkyl halides is 3. The molecule has 0 aromatic heterocycles. The van der Waals surface area contributed by atoms with Crippen LogP contribution in [0.3, 0.4) is 0 Å². The SMILES string of the molecule is C=NC(=O)C1(C)CC(C(F)(F)F)C1.CC#N.CC(C)[C@H]1CCN2C(=O)CCCCC[C@@H](CNC=O)CCCNC(=O)C12. The Kier molecular flexibility index (Phi) is 15.8. The Hall–Kier alpha value is -2.97. The normalized spacial score (nSPS) is 28.6. The Morgan fingerprint density at radius 3 is 2.38 bits per heavy atom. The van der Waals surface area contributed by atoms with Crippen LogP contribution in [0.4, 0.5) is 13.2 Å². The number of aliphatic imine (C=N–C) groups is 1. The van der Waals surface area contributed by atoms with Crippen molar-refractivity contribution in [2.45, 2.75) is 104 Å². The van der Waals surface area contributed by atoms with E-state index in [9.17, 15) is 32.3 Å². The predicted octanol–water partition coefficient (Wildman–Crippen LogP) is 4.80. The summed E-state index contributed by atoms with van der Waals surface area (Å²) in [6.07, 6.45) is 3.67. The molecule has 0 spiro atoms. The molecule has 0 bridgehead atoms. The Labute approximate surface area is 248 Å². The molecule has 3 aliphatic rings. The molecule has 2 heterocycles. The number of nitrogens with one attached hydrogen (secondary N) is 2. The molecule has 0 radical (unpaired) electrons. The maximum absolute atomic E-state index is 12.8. The fourth-order valence-corrected chi connectivity index (χ4v) is 6.05. The van der Waals surface area contributed by atoms with E-state index >= 15 is 0 Å². The number of halogens is 3. The Balaban J connectivity index is 0.000000459. The van der Waals surface area contributed by atoms with Crippen LogP contribution in [0.5, 0.6) is 0 Å². The van der Waals surface area contributed by atoms with Crippen LogP contribution in [0.25, 0.3) is 0 Å². The van der Waals surface area contributed by atoms with Gasteiger partial charge in [-0.15, -0.1) is 0 Å². The van der Waals surface area contributed by atoms with E-state index < -0.39 is 23.4 Å². The van der Waals surface area contributed by atoms with Gasteiger partial charge in [-0.1, -0.05) is 33.6 Å². The van der Waals surface area contributed by atoms with Crippen LogP contribution < -0.4 is 10.6 Å². The Morgan fingerprint density at radius 2 is 1.83 bits per heavy atom. The topological polar surface area (TPSA) is 132 Å². The van der Waals surface area contributed by atoms with Crippen molar-refractivity contribution < 1.29 is 32.3 Å². The van der Waals surface area contributed by atoms with E-state index in [4.69, 9.17) is 5.26 Å². The third kappa shape index (κ3) is 11.4. The van der Waals surface area contributed by atoms with Crippen LogP contribution in [0.15, 0.2) is 4.99 Å². The molecule has 42 heavy (non-hydrogen) atoms. The van der Waals surface area contributed by atoms with Crippen LogP contribution in [-0.2, 0) is 19.2 Å². The van der Waals surface area contributed by atoms with E-state index in [2.05, 4.69) is 36.2 Å². The lowest BCUT2D eigenvalue weighted by atomic mass is 9.62. The van der Waals surface area contributed by atoms with E-state index in [0.29, 0.717) is 37.9 Å². The summed E-state index contributed by atoms with van der Waals surface area (Å²) in [5.41, 5.74) is -0.929. The molecule has 2 aliphatic heterocycles. The van der Waals surface area contributed by atoms with Gasteiger partial charge in [0.1, 0.15) is 6.04 Å². The highest BCUT2D eigenvalue weighted by atomic mass is 19.4. The molecule has 2 saturated heterocycles. The lowest BCUT2D eigenvalue weighted by Gasteiger charge is -2.43. The van der Waals surface area contributed by atoms with Crippen LogP contribution in [0.1, 0.15) is 91.9 Å². The van der Waals surface area contributed by atoms with Crippen LogP contribution in [-0.4, -0.2) is 67.6 Å². The average Bonchev–Trinajstić information content (AvgIpc) is 3.36. The second kappa shape index (κ2) is 17.9. The molecule has 0 aromatic rings. The lowest BCUT2D eigenvalue weighted by Crippen LogP contribution is -2.49. The number of nitriles is 1. The van der Waals surface area contributed by atoms with Crippen LogP contribution in [0, 0.1) is 40.4 Å². The van der Waals surface area contributed by atoms with Crippen LogP contribution >= 0.6 is 0 Å². The maximum Gasteiger partial charge on any atom is 0.391 e. The molecule has 9 nitrogen and oxygen atoms in total. The lowest BCUT2D eigenvalue weighted by molar-refractivity contribution is -0.217. The van der Waals surface area contributed by atoms with Gasteiger partial charge in [-0.05, 0) is 69.4 Å². The number of hydrogen-bond acceptors (Lipinski definition) is 5. The monoisotopic (exact) mass is 599 g/mol. The number of rotatable bonds is 5. The average molecular weight is 600 g/mol. The molecular formula is C30H48F3N5O4. The summed E-state index contributed by atoms with van der Waals surface area (Å²) in [6.45, 7) is 12.3. The van der Waals surface area contributed by atoms with Crippen molar-refractivity contribution in [3.63, 3.8) is 0 Å². The van der Waals surface area contributed by atoms with E-state index in [-0.39, 0.29) is 36.6 Å². The van der Waals surface area contributed by atoms with Gasteiger partial charge < -0.3 is 15.5 Å². The highest BCUT2D eigenvalue weighted by Gasteiger charge is 2.56. The van der Waals surface area contributed by atoms with Gasteiger partial charge in [0.25, 0.3) is 5.91 Å². The summed E-state index contributed by atoms with van der Waals surface area (Å²) < 4.78 is 36.2. The van der Waals surface area contributed by atoms with Gasteiger partial charge in [-0.25, -0.2) is 4.99 Å². The van der Waals surface area contributed by atoms with Crippen molar-refractivity contribution >= 4 is 30.8 Å². The minimum Gasteiger partial charge on any atom is -0.358 e. The first-order valence-electron chi connectivity index (χ1n) is 14.9. The molecule has 1 saturated carbocycles. The highest BCUT2D eigenvalue weighted by molar-refractivity contribution is 5.88. The van der Waals surface area contributed by atoms with E-state index in [1.165, 1.54) is 13.8 Å². The predicted molar refractivity (Wildman–Crippen MR) is 154 cm³/mol. The zero-order valence-electron chi connectivity index (χ0n) is 25.5. The minimum absolute atomic E-state index is 0.00850. The van der Waals surface area contributed by atoms with Crippen molar-refractivity contribution in [1.82, 2.24) is 15.5 Å². The van der Waals surface area contributed by atoms with Gasteiger partial charge in [0.2, 0.25) is 18.2 Å². The molecule has 4 amide bonds. The zero-order chi connectivity index (χ0) is 31.9. The number of hydrogen-bond donors (Lipinski definition) is 2. The fraction of sp³-hybridized carbons (Fsp3) is 0.800. The molecule has 12 heteroatoms. The van der Waals surface area contributed by atoms with E-state index in [0.717, 1.165) is 51.4 Å². The second-order valence-electron chi connectivity index (χ2n) is 12.0. The summed E-state index contributed by atoms with van der Waals surface area (Å²) in [5, 5.41) is 13.2. The first-order valence-corrected chi connectivity index (χ1v) is 14.9. The highest BCUT2D eigenvalue weighted by Crippen LogP contribution is 2.52. The Morgan fingerprint density at radius 1 is 1.21 bits per heavy atom. The molecule has 1 unspecified atom stereocenters. The minimum atomic E-state index is -4.18. The number of fused-ring (bicyclic) bond motifs is 1. The smallest absolute Gasteiger partial charge is 0.358 e. The molecule has 3 fully saturated rings. The zero-order valence-corrected chi connectivity index (χ0v) is 25.5. The quantitative estimate of drug-likeness (QED) is 0.346. The second-order valence-corrected chi connectivity index (χ2v) is 12.0. The third-order valence-corrected chi connectivity index (χ3v) is 8.49. The van der Waals surface area contributed by atoms with Crippen LogP contribution in [0.2, 0.25) is 0 Å². The summed E-state index contributed by atoms with van der Waals surface area (Å²) >= 11 is 0. The van der Waals surface area contributed by atoms with Crippen molar-refractivity contribution in [3.05, 3.63) is 0 Å². The van der Waals surface area contributed by atoms with Crippen molar-refractivity contribution in [1.29, 1.82) is 5.26 Å². The van der Waals surface area contributed by atoms with Gasteiger partial charge in [-0.3, -0.25) is 19.2 Å². The van der Waals surface area contributed by atoms with E-state index in [1.807, 2.05) is 4.90 Å². The number of carbonyl (C=O) groups is 4. The van der Waals surface area contributed by atoms with Gasteiger partial charge in [0.15, 0.2) is 0 Å². The summed E-state index contributed by atoms with van der Waals surface area (Å²) in [6, 6.07) is 1.44. The standard InChI is InChI=1S/C20H35N3O3.C8H10F3NO.C2H3N/c1-15(2)17-10-12-23-18(25)9-5-3-4-7-16(13-21-14-24)8-6-11-22-20(26)19(17)23;1-7(6(13)12-2)3-5(4-7)8(9,10)11;1-2-3/h14-17,19H,3-13H2,1-2H3,(H,21,24)(H,22,26);5H,2-4H2,1H3;1H3/t16-,17-,19?;;/m1../s1. The molecule has 238 valence electrons. The number of nitrogens with zero attached hydrogens (tertiary/aromatic N) is 3. The fourth-order valence-electron chi connectivity index (χ4n) is 6.05. The molecule has 1 aliphatic carbocycles. The molecular weight excluding hydrogens is 551 g/mol. The van der Waals surface area contributed by atoms with Gasteiger partial charge in [0.05, 0.1) is 12.0 Å². The van der Waals surface area contributed by atoms with Gasteiger partial charge in [0, 0.05) is 38.4 Å². The third-order valence-electron chi connectivity index (χ3n) is 8.49. The Bertz CT molecular complexity index is 944. The number of carbonyl (C=O) groups excluding carboxylic acids is 4.